The molecule has 0 aromatic heterocycles. The number of rotatable bonds is 9. The molecule has 0 saturated carbocycles. The van der Waals surface area contributed by atoms with Crippen LogP contribution in [0.4, 0.5) is 0 Å². The Bertz CT molecular complexity index is 1950. The Labute approximate surface area is 249 Å². The van der Waals surface area contributed by atoms with E-state index in [1.807, 2.05) is 0 Å². The molecular formula is C42H40. The summed E-state index contributed by atoms with van der Waals surface area (Å²) >= 11 is 0. The van der Waals surface area contributed by atoms with Gasteiger partial charge in [-0.2, -0.15) is 0 Å². The van der Waals surface area contributed by atoms with Gasteiger partial charge in [0.05, 0.1) is 0 Å². The lowest BCUT2D eigenvalue weighted by atomic mass is 9.89. The van der Waals surface area contributed by atoms with E-state index in [9.17, 15) is 0 Å². The zero-order valence-corrected chi connectivity index (χ0v) is 24.8. The molecule has 0 spiro atoms. The topological polar surface area (TPSA) is 0 Å². The van der Waals surface area contributed by atoms with Crippen LogP contribution in [-0.4, -0.2) is 0 Å². The summed E-state index contributed by atoms with van der Waals surface area (Å²) in [5.74, 6) is 0. The molecule has 0 heterocycles. The summed E-state index contributed by atoms with van der Waals surface area (Å²) in [6, 6.07) is 42.4. The van der Waals surface area contributed by atoms with Crippen LogP contribution < -0.4 is 0 Å². The van der Waals surface area contributed by atoms with Crippen molar-refractivity contribution in [3.8, 4) is 0 Å². The summed E-state index contributed by atoms with van der Waals surface area (Å²) in [5.41, 5.74) is 1.53. The van der Waals surface area contributed by atoms with Gasteiger partial charge in [0, 0.05) is 0 Å². The first kappa shape index (κ1) is 26.7. The second-order valence-corrected chi connectivity index (χ2v) is 12.1. The second-order valence-electron chi connectivity index (χ2n) is 12.1. The van der Waals surface area contributed by atoms with Crippen molar-refractivity contribution in [3.63, 3.8) is 0 Å². The van der Waals surface area contributed by atoms with Gasteiger partial charge in [-0.1, -0.05) is 167 Å². The maximum Gasteiger partial charge on any atom is -0.00240 e. The van der Waals surface area contributed by atoms with Gasteiger partial charge in [0.1, 0.15) is 0 Å². The van der Waals surface area contributed by atoms with Crippen molar-refractivity contribution in [2.75, 3.05) is 0 Å². The van der Waals surface area contributed by atoms with Crippen molar-refractivity contribution in [2.45, 2.75) is 64.7 Å². The van der Waals surface area contributed by atoms with Gasteiger partial charge >= 0.3 is 0 Å². The van der Waals surface area contributed by atoms with Crippen LogP contribution in [0.2, 0.25) is 0 Å². The summed E-state index contributed by atoms with van der Waals surface area (Å²) in [5, 5.41) is 16.7. The molecule has 0 bridgehead atoms. The van der Waals surface area contributed by atoms with Crippen molar-refractivity contribution >= 4 is 64.6 Å². The fraction of sp³-hybridized carbons (Fsp3) is 0.238. The molecule has 0 saturated heterocycles. The van der Waals surface area contributed by atoms with Crippen LogP contribution in [0.15, 0.2) is 115 Å². The molecule has 42 heavy (non-hydrogen) atoms. The number of hydrogen-bond acceptors (Lipinski definition) is 0. The number of benzene rings is 8. The SMILES string of the molecule is CCCCCCCCCCc1cc2cccc3ccc4cccc1c4c32.c1cc2ccc3cccc4ccc(c1)c2c34. The van der Waals surface area contributed by atoms with Gasteiger partial charge in [-0.25, -0.2) is 0 Å². The fourth-order valence-electron chi connectivity index (χ4n) is 7.16. The molecule has 0 N–H and O–H groups in total. The normalized spacial score (nSPS) is 11.8. The molecule has 8 aromatic carbocycles. The Balaban J connectivity index is 0.000000153. The Morgan fingerprint density at radius 1 is 0.357 bits per heavy atom. The zero-order valence-electron chi connectivity index (χ0n) is 24.8. The van der Waals surface area contributed by atoms with E-state index in [-0.39, 0.29) is 0 Å². The van der Waals surface area contributed by atoms with Gasteiger partial charge in [0.25, 0.3) is 0 Å². The maximum atomic E-state index is 2.45. The van der Waals surface area contributed by atoms with Crippen LogP contribution in [0.5, 0.6) is 0 Å². The Hall–Kier alpha value is -4.16. The highest BCUT2D eigenvalue weighted by Crippen LogP contribution is 2.37. The lowest BCUT2D eigenvalue weighted by Crippen LogP contribution is -1.92. The monoisotopic (exact) mass is 544 g/mol. The minimum absolute atomic E-state index is 1.21. The van der Waals surface area contributed by atoms with Crippen LogP contribution in [-0.2, 0) is 6.42 Å². The highest BCUT2D eigenvalue weighted by molar-refractivity contribution is 6.24. The van der Waals surface area contributed by atoms with Crippen molar-refractivity contribution in [1.29, 1.82) is 0 Å². The molecular weight excluding hydrogens is 504 g/mol. The van der Waals surface area contributed by atoms with Crippen LogP contribution in [0.25, 0.3) is 64.6 Å². The fourth-order valence-corrected chi connectivity index (χ4v) is 7.16. The number of unbranched alkanes of at least 4 members (excludes halogenated alkanes) is 7. The van der Waals surface area contributed by atoms with Gasteiger partial charge in [-0.3, -0.25) is 0 Å². The Morgan fingerprint density at radius 2 is 0.738 bits per heavy atom. The first-order valence-corrected chi connectivity index (χ1v) is 16.1. The zero-order chi connectivity index (χ0) is 28.3. The van der Waals surface area contributed by atoms with Crippen molar-refractivity contribution in [2.24, 2.45) is 0 Å². The van der Waals surface area contributed by atoms with E-state index in [1.54, 1.807) is 0 Å². The van der Waals surface area contributed by atoms with Gasteiger partial charge in [0.15, 0.2) is 0 Å². The van der Waals surface area contributed by atoms with Gasteiger partial charge in [-0.05, 0) is 83.0 Å². The van der Waals surface area contributed by atoms with E-state index in [0.717, 1.165) is 0 Å². The minimum atomic E-state index is 1.21. The summed E-state index contributed by atoms with van der Waals surface area (Å²) in [4.78, 5) is 0. The molecule has 0 aliphatic rings. The van der Waals surface area contributed by atoms with E-state index in [1.165, 1.54) is 128 Å². The third-order valence-electron chi connectivity index (χ3n) is 9.29. The smallest absolute Gasteiger partial charge is 0.00240 e. The molecule has 0 nitrogen and oxygen atoms in total. The summed E-state index contributed by atoms with van der Waals surface area (Å²) < 4.78 is 0. The molecule has 8 aromatic rings. The molecule has 0 amide bonds. The molecule has 0 atom stereocenters. The predicted molar refractivity (Wildman–Crippen MR) is 187 cm³/mol. The number of aryl methyl sites for hydroxylation is 1. The molecule has 8 rings (SSSR count). The number of hydrogen-bond donors (Lipinski definition) is 0. The molecule has 208 valence electrons. The van der Waals surface area contributed by atoms with Gasteiger partial charge in [0.2, 0.25) is 0 Å². The summed E-state index contributed by atoms with van der Waals surface area (Å²) in [6.45, 7) is 2.29. The average molecular weight is 545 g/mol. The van der Waals surface area contributed by atoms with E-state index in [0.29, 0.717) is 0 Å². The standard InChI is InChI=1S/C26H30.C16H10/c1-2-3-4-5-6-7-8-9-12-22-19-23-15-10-13-20-17-18-21-14-11-16-24(22)26(21)25(20)23;1-3-11-7-9-13-5-2-6-14-10-8-12(4-1)15(11)16(13)14/h10-11,13-19H,2-9,12H2,1H3;1-10H. The Morgan fingerprint density at radius 3 is 1.24 bits per heavy atom. The lowest BCUT2D eigenvalue weighted by Gasteiger charge is -2.14. The Kier molecular flexibility index (Phi) is 7.62. The van der Waals surface area contributed by atoms with Crippen molar-refractivity contribution in [3.05, 3.63) is 121 Å². The molecule has 0 unspecified atom stereocenters. The maximum absolute atomic E-state index is 2.45. The molecule has 0 radical (unpaired) electrons. The lowest BCUT2D eigenvalue weighted by molar-refractivity contribution is 0.576. The molecule has 0 fully saturated rings. The molecule has 0 aliphatic carbocycles. The third-order valence-corrected chi connectivity index (χ3v) is 9.29. The van der Waals surface area contributed by atoms with Crippen LogP contribution in [0, 0.1) is 0 Å². The predicted octanol–water partition coefficient (Wildman–Crippen LogP) is 12.9. The van der Waals surface area contributed by atoms with Crippen molar-refractivity contribution in [1.82, 2.24) is 0 Å². The van der Waals surface area contributed by atoms with E-state index < -0.39 is 0 Å². The highest BCUT2D eigenvalue weighted by atomic mass is 14.1. The van der Waals surface area contributed by atoms with E-state index >= 15 is 0 Å². The van der Waals surface area contributed by atoms with Crippen LogP contribution in [0.1, 0.15) is 63.9 Å². The summed E-state index contributed by atoms with van der Waals surface area (Å²) in [7, 11) is 0. The van der Waals surface area contributed by atoms with Crippen LogP contribution in [0.3, 0.4) is 0 Å². The van der Waals surface area contributed by atoms with Gasteiger partial charge in [-0.15, -0.1) is 0 Å². The van der Waals surface area contributed by atoms with E-state index in [2.05, 4.69) is 122 Å². The largest absolute Gasteiger partial charge is 0.0654 e. The van der Waals surface area contributed by atoms with E-state index in [4.69, 9.17) is 0 Å². The first-order valence-electron chi connectivity index (χ1n) is 16.1. The quantitative estimate of drug-likeness (QED) is 0.125. The van der Waals surface area contributed by atoms with Crippen LogP contribution >= 0.6 is 0 Å². The molecule has 0 aliphatic heterocycles. The van der Waals surface area contributed by atoms with Crippen molar-refractivity contribution < 1.29 is 0 Å². The first-order chi connectivity index (χ1) is 20.8. The third kappa shape index (κ3) is 5.05. The summed E-state index contributed by atoms with van der Waals surface area (Å²) in [6.07, 6.45) is 12.3. The minimum Gasteiger partial charge on any atom is -0.0654 e. The molecule has 0 heteroatoms. The second kappa shape index (κ2) is 12.0. The highest BCUT2D eigenvalue weighted by Gasteiger charge is 2.11. The van der Waals surface area contributed by atoms with Gasteiger partial charge < -0.3 is 0 Å². The average Bonchev–Trinajstić information content (AvgIpc) is 3.04.